The van der Waals surface area contributed by atoms with Gasteiger partial charge in [0, 0.05) is 59.7 Å². The molecule has 1 saturated heterocycles. The summed E-state index contributed by atoms with van der Waals surface area (Å²) in [5.74, 6) is -0.199. The third-order valence-electron chi connectivity index (χ3n) is 3.62. The lowest BCUT2D eigenvalue weighted by molar-refractivity contribution is -0.128. The topological polar surface area (TPSA) is 69.0 Å². The van der Waals surface area contributed by atoms with Gasteiger partial charge in [-0.2, -0.15) is 5.26 Å². The van der Waals surface area contributed by atoms with Gasteiger partial charge >= 0.3 is 0 Å². The first-order chi connectivity index (χ1) is 10.6. The van der Waals surface area contributed by atoms with E-state index in [9.17, 15) is 10.1 Å². The van der Waals surface area contributed by atoms with Crippen LogP contribution in [0.4, 0.5) is 0 Å². The van der Waals surface area contributed by atoms with Gasteiger partial charge in [-0.15, -0.1) is 0 Å². The van der Waals surface area contributed by atoms with Crippen molar-refractivity contribution in [2.45, 2.75) is 0 Å². The first-order valence-corrected chi connectivity index (χ1v) is 7.44. The molecular weight excluding hydrogens is 284 g/mol. The molecule has 0 aromatic carbocycles. The number of ether oxygens (including phenoxy) is 2. The number of piperazine rings is 1. The first kappa shape index (κ1) is 18.4. The fourth-order valence-electron chi connectivity index (χ4n) is 2.15. The number of likely N-dealkylation sites (N-methyl/N-ethyl adjacent to an activating group) is 1. The van der Waals surface area contributed by atoms with Gasteiger partial charge in [-0.3, -0.25) is 4.79 Å². The molecule has 0 unspecified atom stereocenters. The summed E-state index contributed by atoms with van der Waals surface area (Å²) in [6, 6.07) is 2.03. The van der Waals surface area contributed by atoms with E-state index < -0.39 is 0 Å². The molecule has 22 heavy (non-hydrogen) atoms. The maximum absolute atomic E-state index is 12.4. The van der Waals surface area contributed by atoms with Crippen molar-refractivity contribution in [1.82, 2.24) is 14.7 Å². The van der Waals surface area contributed by atoms with Crippen LogP contribution in [0.25, 0.3) is 0 Å². The highest BCUT2D eigenvalue weighted by molar-refractivity contribution is 5.97. The van der Waals surface area contributed by atoms with Crippen LogP contribution in [0.1, 0.15) is 0 Å². The summed E-state index contributed by atoms with van der Waals surface area (Å²) >= 11 is 0. The van der Waals surface area contributed by atoms with Gasteiger partial charge in [0.2, 0.25) is 0 Å². The molecule has 7 nitrogen and oxygen atoms in total. The minimum Gasteiger partial charge on any atom is -0.383 e. The van der Waals surface area contributed by atoms with Crippen molar-refractivity contribution in [3.63, 3.8) is 0 Å². The van der Waals surface area contributed by atoms with Crippen molar-refractivity contribution in [2.75, 3.05) is 73.7 Å². The highest BCUT2D eigenvalue weighted by Gasteiger charge is 2.22. The molecule has 0 aromatic rings. The molecule has 0 radical (unpaired) electrons. The van der Waals surface area contributed by atoms with Crippen molar-refractivity contribution in [1.29, 1.82) is 5.26 Å². The van der Waals surface area contributed by atoms with Gasteiger partial charge in [-0.1, -0.05) is 0 Å². The number of nitrogens with zero attached hydrogens (tertiary/aromatic N) is 4. The minimum absolute atomic E-state index is 0.164. The zero-order chi connectivity index (χ0) is 16.4. The van der Waals surface area contributed by atoms with E-state index >= 15 is 0 Å². The van der Waals surface area contributed by atoms with Crippen LogP contribution < -0.4 is 0 Å². The maximum Gasteiger partial charge on any atom is 0.266 e. The van der Waals surface area contributed by atoms with Gasteiger partial charge in [0.05, 0.1) is 13.2 Å². The van der Waals surface area contributed by atoms with Crippen LogP contribution in [0.3, 0.4) is 0 Å². The zero-order valence-electron chi connectivity index (χ0n) is 13.7. The Morgan fingerprint density at radius 3 is 2.18 bits per heavy atom. The molecule has 1 aliphatic heterocycles. The fraction of sp³-hybridized carbons (Fsp3) is 0.733. The molecule has 124 valence electrons. The molecule has 1 fully saturated rings. The van der Waals surface area contributed by atoms with Gasteiger partial charge in [0.25, 0.3) is 5.91 Å². The fourth-order valence-corrected chi connectivity index (χ4v) is 2.15. The van der Waals surface area contributed by atoms with E-state index in [0.717, 1.165) is 13.1 Å². The largest absolute Gasteiger partial charge is 0.383 e. The monoisotopic (exact) mass is 310 g/mol. The van der Waals surface area contributed by atoms with Crippen LogP contribution in [0.5, 0.6) is 0 Å². The first-order valence-electron chi connectivity index (χ1n) is 7.44. The summed E-state index contributed by atoms with van der Waals surface area (Å²) in [6.45, 7) is 5.27. The summed E-state index contributed by atoms with van der Waals surface area (Å²) in [5.41, 5.74) is 0.164. The average molecular weight is 310 g/mol. The van der Waals surface area contributed by atoms with Crippen LogP contribution in [0, 0.1) is 11.3 Å². The predicted octanol–water partition coefficient (Wildman–Crippen LogP) is -0.237. The second-order valence-electron chi connectivity index (χ2n) is 5.27. The molecule has 0 N–H and O–H groups in total. The Kier molecular flexibility index (Phi) is 8.51. The van der Waals surface area contributed by atoms with E-state index in [1.54, 1.807) is 25.3 Å². The van der Waals surface area contributed by atoms with Crippen LogP contribution in [-0.4, -0.2) is 94.4 Å². The average Bonchev–Trinajstić information content (AvgIpc) is 2.54. The van der Waals surface area contributed by atoms with Gasteiger partial charge in [0.15, 0.2) is 0 Å². The molecule has 0 bridgehead atoms. The zero-order valence-corrected chi connectivity index (χ0v) is 13.7. The van der Waals surface area contributed by atoms with E-state index in [1.807, 2.05) is 18.0 Å². The number of hydrogen-bond acceptors (Lipinski definition) is 6. The number of carbonyl (C=O) groups is 1. The Morgan fingerprint density at radius 2 is 1.73 bits per heavy atom. The van der Waals surface area contributed by atoms with Crippen molar-refractivity contribution in [2.24, 2.45) is 0 Å². The highest BCUT2D eigenvalue weighted by atomic mass is 16.5. The second kappa shape index (κ2) is 10.2. The second-order valence-corrected chi connectivity index (χ2v) is 5.27. The molecule has 0 saturated carbocycles. The Bertz CT molecular complexity index is 404. The summed E-state index contributed by atoms with van der Waals surface area (Å²) < 4.78 is 10.1. The van der Waals surface area contributed by atoms with E-state index in [4.69, 9.17) is 9.47 Å². The number of carbonyl (C=O) groups excluding carboxylic acids is 1. The van der Waals surface area contributed by atoms with Crippen LogP contribution in [-0.2, 0) is 14.3 Å². The van der Waals surface area contributed by atoms with Crippen LogP contribution >= 0.6 is 0 Å². The number of hydrogen-bond donors (Lipinski definition) is 0. The lowest BCUT2D eigenvalue weighted by Crippen LogP contribution is -2.47. The van der Waals surface area contributed by atoms with Gasteiger partial charge in [0.1, 0.15) is 11.6 Å². The summed E-state index contributed by atoms with van der Waals surface area (Å²) in [6.07, 6.45) is 1.62. The third kappa shape index (κ3) is 6.02. The van der Waals surface area contributed by atoms with E-state index in [-0.39, 0.29) is 11.5 Å². The quantitative estimate of drug-likeness (QED) is 0.455. The van der Waals surface area contributed by atoms with Gasteiger partial charge < -0.3 is 24.2 Å². The summed E-state index contributed by atoms with van der Waals surface area (Å²) in [4.78, 5) is 18.2. The molecule has 1 heterocycles. The number of amides is 1. The molecule has 7 heteroatoms. The van der Waals surface area contributed by atoms with E-state index in [0.29, 0.717) is 39.4 Å². The standard InChI is InChI=1S/C15H26N4O3/c1-17-4-6-19(7-5-17)15(20)14(12-16)13-18(8-10-21-2)9-11-22-3/h13H,4-11H2,1-3H3/b14-13-. The molecule has 1 amide bonds. The molecule has 0 aromatic heterocycles. The van der Waals surface area contributed by atoms with Crippen molar-refractivity contribution >= 4 is 5.91 Å². The van der Waals surface area contributed by atoms with Gasteiger partial charge in [-0.25, -0.2) is 0 Å². The lowest BCUT2D eigenvalue weighted by Gasteiger charge is -2.32. The molecule has 1 rings (SSSR count). The minimum atomic E-state index is -0.199. The Hall–Kier alpha value is -1.62. The Morgan fingerprint density at radius 1 is 1.18 bits per heavy atom. The van der Waals surface area contributed by atoms with Crippen LogP contribution in [0.15, 0.2) is 11.8 Å². The molecular formula is C15H26N4O3. The van der Waals surface area contributed by atoms with E-state index in [1.165, 1.54) is 0 Å². The SMILES string of the molecule is COCCN(/C=C(/C#N)C(=O)N1CCN(C)CC1)CCOC. The summed E-state index contributed by atoms with van der Waals surface area (Å²) in [5, 5.41) is 9.31. The Balaban J connectivity index is 2.72. The summed E-state index contributed by atoms with van der Waals surface area (Å²) in [7, 11) is 5.28. The number of rotatable bonds is 8. The molecule has 0 aliphatic carbocycles. The van der Waals surface area contributed by atoms with Crippen molar-refractivity contribution < 1.29 is 14.3 Å². The number of methoxy groups -OCH3 is 2. The third-order valence-corrected chi connectivity index (χ3v) is 3.62. The lowest BCUT2D eigenvalue weighted by atomic mass is 10.2. The number of nitriles is 1. The smallest absolute Gasteiger partial charge is 0.266 e. The highest BCUT2D eigenvalue weighted by Crippen LogP contribution is 2.07. The predicted molar refractivity (Wildman–Crippen MR) is 83.1 cm³/mol. The normalized spacial score (nSPS) is 16.5. The molecule has 0 atom stereocenters. The maximum atomic E-state index is 12.4. The van der Waals surface area contributed by atoms with Crippen molar-refractivity contribution in [3.8, 4) is 6.07 Å². The molecule has 0 spiro atoms. The van der Waals surface area contributed by atoms with Crippen LogP contribution in [0.2, 0.25) is 0 Å². The molecule has 1 aliphatic rings. The van der Waals surface area contributed by atoms with Gasteiger partial charge in [-0.05, 0) is 7.05 Å². The van der Waals surface area contributed by atoms with Crippen molar-refractivity contribution in [3.05, 3.63) is 11.8 Å². The Labute approximate surface area is 132 Å². The van der Waals surface area contributed by atoms with E-state index in [2.05, 4.69) is 4.90 Å².